The van der Waals surface area contributed by atoms with Crippen molar-refractivity contribution in [3.05, 3.63) is 23.8 Å². The zero-order valence-corrected chi connectivity index (χ0v) is 10.6. The molecule has 1 aliphatic rings. The lowest BCUT2D eigenvalue weighted by molar-refractivity contribution is 0.169. The molecule has 0 amide bonds. The first-order valence-corrected chi connectivity index (χ1v) is 6.34. The van der Waals surface area contributed by atoms with Crippen molar-refractivity contribution in [2.45, 2.75) is 32.8 Å². The fraction of sp³-hybridized carbons (Fsp3) is 0.571. The van der Waals surface area contributed by atoms with Gasteiger partial charge in [-0.05, 0) is 36.9 Å². The van der Waals surface area contributed by atoms with Crippen LogP contribution in [-0.4, -0.2) is 24.3 Å². The summed E-state index contributed by atoms with van der Waals surface area (Å²) in [4.78, 5) is 0. The van der Waals surface area contributed by atoms with Crippen LogP contribution in [0, 0.1) is 5.92 Å². The number of nitrogens with one attached hydrogen (secondary N) is 1. The number of phenols is 1. The number of aromatic hydroxyl groups is 1. The van der Waals surface area contributed by atoms with E-state index in [1.165, 1.54) is 5.56 Å². The third-order valence-corrected chi connectivity index (χ3v) is 3.00. The summed E-state index contributed by atoms with van der Waals surface area (Å²) in [5.41, 5.74) is 1.20. The van der Waals surface area contributed by atoms with Gasteiger partial charge >= 0.3 is 0 Å². The normalized spacial score (nSPS) is 18.9. The summed E-state index contributed by atoms with van der Waals surface area (Å²) in [6.45, 7) is 6.30. The van der Waals surface area contributed by atoms with E-state index in [0.29, 0.717) is 5.92 Å². The highest BCUT2D eigenvalue weighted by Gasteiger charge is 2.19. The van der Waals surface area contributed by atoms with Gasteiger partial charge in [-0.2, -0.15) is 0 Å². The highest BCUT2D eigenvalue weighted by molar-refractivity contribution is 5.41. The van der Waals surface area contributed by atoms with Gasteiger partial charge in [-0.15, -0.1) is 0 Å². The molecule has 0 unspecified atom stereocenters. The highest BCUT2D eigenvalue weighted by Crippen LogP contribution is 2.30. The van der Waals surface area contributed by atoms with Crippen molar-refractivity contribution in [2.24, 2.45) is 5.92 Å². The van der Waals surface area contributed by atoms with Crippen LogP contribution in [-0.2, 0) is 6.42 Å². The van der Waals surface area contributed by atoms with Crippen molar-refractivity contribution in [3.8, 4) is 11.5 Å². The SMILES string of the molecule is CC(C)CNC[C@@H]1CCc2ccc(O)cc2O1. The molecule has 0 bridgehead atoms. The number of benzene rings is 1. The van der Waals surface area contributed by atoms with Gasteiger partial charge in [-0.3, -0.25) is 0 Å². The summed E-state index contributed by atoms with van der Waals surface area (Å²) in [6, 6.07) is 5.38. The quantitative estimate of drug-likeness (QED) is 0.841. The molecule has 3 nitrogen and oxygen atoms in total. The van der Waals surface area contributed by atoms with Crippen LogP contribution >= 0.6 is 0 Å². The summed E-state index contributed by atoms with van der Waals surface area (Å²) in [7, 11) is 0. The Morgan fingerprint density at radius 1 is 1.47 bits per heavy atom. The minimum Gasteiger partial charge on any atom is -0.508 e. The van der Waals surface area contributed by atoms with Gasteiger partial charge in [-0.25, -0.2) is 0 Å². The lowest BCUT2D eigenvalue weighted by Gasteiger charge is -2.26. The molecule has 0 aliphatic carbocycles. The van der Waals surface area contributed by atoms with Crippen molar-refractivity contribution in [2.75, 3.05) is 13.1 Å². The first kappa shape index (κ1) is 12.2. The summed E-state index contributed by atoms with van der Waals surface area (Å²) in [5.74, 6) is 1.78. The van der Waals surface area contributed by atoms with Gasteiger partial charge in [0, 0.05) is 12.6 Å². The number of hydrogen-bond donors (Lipinski definition) is 2. The molecule has 0 spiro atoms. The summed E-state index contributed by atoms with van der Waals surface area (Å²) in [5, 5.41) is 12.8. The van der Waals surface area contributed by atoms with Crippen molar-refractivity contribution in [1.29, 1.82) is 0 Å². The Balaban J connectivity index is 1.89. The molecule has 0 fully saturated rings. The Labute approximate surface area is 103 Å². The Kier molecular flexibility index (Phi) is 3.89. The zero-order valence-electron chi connectivity index (χ0n) is 10.6. The summed E-state index contributed by atoms with van der Waals surface area (Å²) in [6.07, 6.45) is 2.30. The topological polar surface area (TPSA) is 41.5 Å². The predicted molar refractivity (Wildman–Crippen MR) is 68.6 cm³/mol. The van der Waals surface area contributed by atoms with Crippen LogP contribution in [0.3, 0.4) is 0 Å². The van der Waals surface area contributed by atoms with Gasteiger partial charge in [0.2, 0.25) is 0 Å². The third kappa shape index (κ3) is 3.37. The molecule has 1 aromatic carbocycles. The van der Waals surface area contributed by atoms with Crippen LogP contribution in [0.2, 0.25) is 0 Å². The lowest BCUT2D eigenvalue weighted by Crippen LogP contribution is -2.35. The van der Waals surface area contributed by atoms with Crippen LogP contribution in [0.25, 0.3) is 0 Å². The van der Waals surface area contributed by atoms with E-state index in [4.69, 9.17) is 4.74 Å². The molecule has 3 heteroatoms. The van der Waals surface area contributed by atoms with Crippen molar-refractivity contribution in [3.63, 3.8) is 0 Å². The van der Waals surface area contributed by atoms with E-state index >= 15 is 0 Å². The number of rotatable bonds is 4. The average molecular weight is 235 g/mol. The molecule has 0 radical (unpaired) electrons. The number of hydrogen-bond acceptors (Lipinski definition) is 3. The van der Waals surface area contributed by atoms with Crippen LogP contribution in [0.15, 0.2) is 18.2 Å². The van der Waals surface area contributed by atoms with Crippen molar-refractivity contribution >= 4 is 0 Å². The van der Waals surface area contributed by atoms with E-state index in [0.717, 1.165) is 31.7 Å². The maximum atomic E-state index is 9.43. The molecule has 17 heavy (non-hydrogen) atoms. The van der Waals surface area contributed by atoms with E-state index < -0.39 is 0 Å². The molecule has 2 rings (SSSR count). The number of ether oxygens (including phenoxy) is 1. The minimum atomic E-state index is 0.225. The fourth-order valence-corrected chi connectivity index (χ4v) is 2.09. The van der Waals surface area contributed by atoms with E-state index in [1.54, 1.807) is 12.1 Å². The monoisotopic (exact) mass is 235 g/mol. The van der Waals surface area contributed by atoms with Gasteiger partial charge in [0.15, 0.2) is 0 Å². The molecular formula is C14H21NO2. The summed E-state index contributed by atoms with van der Waals surface area (Å²) >= 11 is 0. The largest absolute Gasteiger partial charge is 0.508 e. The summed E-state index contributed by atoms with van der Waals surface area (Å²) < 4.78 is 5.87. The Morgan fingerprint density at radius 3 is 3.06 bits per heavy atom. The van der Waals surface area contributed by atoms with Crippen LogP contribution in [0.5, 0.6) is 11.5 Å². The van der Waals surface area contributed by atoms with E-state index in [-0.39, 0.29) is 11.9 Å². The lowest BCUT2D eigenvalue weighted by atomic mass is 10.0. The number of fused-ring (bicyclic) bond motifs is 1. The Hall–Kier alpha value is -1.22. The third-order valence-electron chi connectivity index (χ3n) is 3.00. The second kappa shape index (κ2) is 5.41. The first-order valence-electron chi connectivity index (χ1n) is 6.34. The fourth-order valence-electron chi connectivity index (χ4n) is 2.09. The van der Waals surface area contributed by atoms with E-state index in [2.05, 4.69) is 19.2 Å². The van der Waals surface area contributed by atoms with E-state index in [1.807, 2.05) is 6.07 Å². The van der Waals surface area contributed by atoms with Gasteiger partial charge in [0.1, 0.15) is 17.6 Å². The smallest absolute Gasteiger partial charge is 0.126 e. The molecule has 2 N–H and O–H groups in total. The first-order chi connectivity index (χ1) is 8.15. The molecule has 1 aliphatic heterocycles. The molecule has 0 saturated carbocycles. The number of phenolic OH excluding ortho intramolecular Hbond substituents is 1. The minimum absolute atomic E-state index is 0.225. The molecule has 1 aromatic rings. The van der Waals surface area contributed by atoms with Crippen LogP contribution < -0.4 is 10.1 Å². The molecule has 0 saturated heterocycles. The van der Waals surface area contributed by atoms with Gasteiger partial charge in [0.25, 0.3) is 0 Å². The maximum absolute atomic E-state index is 9.43. The second-order valence-corrected chi connectivity index (χ2v) is 5.12. The van der Waals surface area contributed by atoms with Crippen molar-refractivity contribution < 1.29 is 9.84 Å². The van der Waals surface area contributed by atoms with Gasteiger partial charge < -0.3 is 15.2 Å². The molecule has 94 valence electrons. The van der Waals surface area contributed by atoms with Crippen LogP contribution in [0.1, 0.15) is 25.8 Å². The molecule has 1 heterocycles. The van der Waals surface area contributed by atoms with Gasteiger partial charge in [0.05, 0.1) is 0 Å². The van der Waals surface area contributed by atoms with Crippen molar-refractivity contribution in [1.82, 2.24) is 5.32 Å². The standard InChI is InChI=1S/C14H21NO2/c1-10(2)8-15-9-13-6-4-11-3-5-12(16)7-14(11)17-13/h3,5,7,10,13,15-16H,4,6,8-9H2,1-2H3/t13-/m0/s1. The predicted octanol–water partition coefficient (Wildman–Crippen LogP) is 2.33. The number of aryl methyl sites for hydroxylation is 1. The second-order valence-electron chi connectivity index (χ2n) is 5.12. The Bertz CT molecular complexity index is 376. The molecular weight excluding hydrogens is 214 g/mol. The van der Waals surface area contributed by atoms with Gasteiger partial charge in [-0.1, -0.05) is 19.9 Å². The highest BCUT2D eigenvalue weighted by atomic mass is 16.5. The average Bonchev–Trinajstić information content (AvgIpc) is 2.28. The van der Waals surface area contributed by atoms with E-state index in [9.17, 15) is 5.11 Å². The Morgan fingerprint density at radius 2 is 2.29 bits per heavy atom. The molecule has 0 aromatic heterocycles. The maximum Gasteiger partial charge on any atom is 0.126 e. The molecule has 1 atom stereocenters. The zero-order chi connectivity index (χ0) is 12.3. The van der Waals surface area contributed by atoms with Crippen LogP contribution in [0.4, 0.5) is 0 Å².